The molecule has 3 aromatic heterocycles. The molecule has 5 rings (SSSR count). The zero-order chi connectivity index (χ0) is 30.1. The second-order valence-electron chi connectivity index (χ2n) is 9.52. The molecular formula is C26H26F3N5O5S3. The number of alkyl halides is 3. The van der Waals surface area contributed by atoms with Crippen LogP contribution in [0.4, 0.5) is 18.9 Å². The lowest BCUT2D eigenvalue weighted by Gasteiger charge is -2.22. The number of aromatic nitrogens is 2. The molecule has 1 amide bonds. The van der Waals surface area contributed by atoms with E-state index in [1.165, 1.54) is 27.0 Å². The maximum Gasteiger partial charge on any atom is 0.490 e. The Kier molecular flexibility index (Phi) is 8.59. The normalized spacial score (nSPS) is 16.1. The van der Waals surface area contributed by atoms with Crippen molar-refractivity contribution in [1.29, 1.82) is 0 Å². The SMILES string of the molecule is CCN(c1cccc2cc(-c3ncc(CN4CCC(NC(=O)COC(=O)C(F)(F)F)C4)s3)[nH]c12)S(=O)(=O)c1cccs1. The third kappa shape index (κ3) is 6.45. The number of anilines is 1. The molecule has 0 spiro atoms. The molecule has 1 atom stereocenters. The number of para-hydroxylation sites is 1. The average Bonchev–Trinajstić information content (AvgIpc) is 3.74. The zero-order valence-electron chi connectivity index (χ0n) is 22.2. The van der Waals surface area contributed by atoms with Crippen molar-refractivity contribution in [2.24, 2.45) is 0 Å². The number of carbonyl (C=O) groups excluding carboxylic acids is 2. The van der Waals surface area contributed by atoms with Gasteiger partial charge in [0.1, 0.15) is 9.22 Å². The lowest BCUT2D eigenvalue weighted by molar-refractivity contribution is -0.200. The topological polar surface area (TPSA) is 125 Å². The van der Waals surface area contributed by atoms with Gasteiger partial charge in [0.05, 0.1) is 16.9 Å². The maximum atomic E-state index is 13.3. The molecule has 4 heterocycles. The zero-order valence-corrected chi connectivity index (χ0v) is 24.6. The molecule has 0 bridgehead atoms. The van der Waals surface area contributed by atoms with Crippen LogP contribution >= 0.6 is 22.7 Å². The molecule has 1 aromatic carbocycles. The summed E-state index contributed by atoms with van der Waals surface area (Å²) in [5.41, 5.74) is 1.98. The predicted octanol–water partition coefficient (Wildman–Crippen LogP) is 4.36. The molecule has 1 aliphatic heterocycles. The highest BCUT2D eigenvalue weighted by Crippen LogP contribution is 2.35. The number of ether oxygens (including phenoxy) is 1. The van der Waals surface area contributed by atoms with Crippen LogP contribution in [0.2, 0.25) is 0 Å². The smallest absolute Gasteiger partial charge is 0.449 e. The standard InChI is InChI=1S/C26H26F3N5O5S3/c1-2-34(42(37,38)22-7-4-10-40-22)20-6-3-5-16-11-19(32-23(16)20)24-30-12-18(41-24)14-33-9-8-17(13-33)31-21(35)15-39-25(36)26(27,28)29/h3-7,10-12,17,32H,2,8-9,13-15H2,1H3,(H,31,35). The van der Waals surface area contributed by atoms with E-state index in [0.717, 1.165) is 21.0 Å². The number of thiazole rings is 1. The van der Waals surface area contributed by atoms with Crippen molar-refractivity contribution in [2.75, 3.05) is 30.5 Å². The molecule has 0 radical (unpaired) electrons. The van der Waals surface area contributed by atoms with Crippen molar-refractivity contribution in [3.05, 3.63) is 52.9 Å². The first kappa shape index (κ1) is 30.0. The largest absolute Gasteiger partial charge is 0.490 e. The average molecular weight is 642 g/mol. The Labute approximate surface area is 247 Å². The molecule has 16 heteroatoms. The van der Waals surface area contributed by atoms with Gasteiger partial charge in [0, 0.05) is 48.7 Å². The van der Waals surface area contributed by atoms with Crippen molar-refractivity contribution in [2.45, 2.75) is 36.3 Å². The van der Waals surface area contributed by atoms with E-state index in [4.69, 9.17) is 0 Å². The quantitative estimate of drug-likeness (QED) is 0.247. The molecule has 2 N–H and O–H groups in total. The summed E-state index contributed by atoms with van der Waals surface area (Å²) >= 11 is 2.64. The minimum atomic E-state index is -5.14. The van der Waals surface area contributed by atoms with Gasteiger partial charge in [0.25, 0.3) is 15.9 Å². The summed E-state index contributed by atoms with van der Waals surface area (Å²) in [5.74, 6) is -3.19. The summed E-state index contributed by atoms with van der Waals surface area (Å²) in [6, 6.07) is 10.4. The lowest BCUT2D eigenvalue weighted by Crippen LogP contribution is -2.40. The van der Waals surface area contributed by atoms with Crippen LogP contribution in [0.1, 0.15) is 18.2 Å². The van der Waals surface area contributed by atoms with Gasteiger partial charge in [0.15, 0.2) is 6.61 Å². The molecule has 1 unspecified atom stereocenters. The van der Waals surface area contributed by atoms with Crippen LogP contribution in [0.3, 0.4) is 0 Å². The summed E-state index contributed by atoms with van der Waals surface area (Å²) in [5, 5.41) is 5.90. The molecule has 1 saturated heterocycles. The molecule has 0 saturated carbocycles. The molecule has 10 nitrogen and oxygen atoms in total. The number of likely N-dealkylation sites (tertiary alicyclic amines) is 1. The Hall–Kier alpha value is -3.47. The van der Waals surface area contributed by atoms with Gasteiger partial charge < -0.3 is 15.0 Å². The van der Waals surface area contributed by atoms with Gasteiger partial charge in [-0.25, -0.2) is 18.2 Å². The number of halogens is 3. The van der Waals surface area contributed by atoms with Gasteiger partial charge in [-0.15, -0.1) is 22.7 Å². The third-order valence-electron chi connectivity index (χ3n) is 6.60. The van der Waals surface area contributed by atoms with E-state index >= 15 is 0 Å². The summed E-state index contributed by atoms with van der Waals surface area (Å²) in [4.78, 5) is 33.7. The van der Waals surface area contributed by atoms with Crippen LogP contribution in [0, 0.1) is 0 Å². The minimum Gasteiger partial charge on any atom is -0.449 e. The first-order chi connectivity index (χ1) is 20.0. The number of amides is 1. The van der Waals surface area contributed by atoms with Crippen LogP contribution in [-0.4, -0.2) is 73.6 Å². The second-order valence-corrected chi connectivity index (χ2v) is 13.7. The van der Waals surface area contributed by atoms with Crippen molar-refractivity contribution in [1.82, 2.24) is 20.2 Å². The van der Waals surface area contributed by atoms with Gasteiger partial charge in [-0.05, 0) is 36.9 Å². The minimum absolute atomic E-state index is 0.255. The third-order valence-corrected chi connectivity index (χ3v) is 10.9. The van der Waals surface area contributed by atoms with Crippen molar-refractivity contribution in [3.63, 3.8) is 0 Å². The Morgan fingerprint density at radius 3 is 2.79 bits per heavy atom. The van der Waals surface area contributed by atoms with Crippen LogP contribution in [0.5, 0.6) is 0 Å². The Bertz CT molecular complexity index is 1680. The summed E-state index contributed by atoms with van der Waals surface area (Å²) in [6.45, 7) is 2.74. The van der Waals surface area contributed by atoms with Crippen molar-refractivity contribution < 1.29 is 35.9 Å². The van der Waals surface area contributed by atoms with Gasteiger partial charge >= 0.3 is 12.1 Å². The molecule has 42 heavy (non-hydrogen) atoms. The Balaban J connectivity index is 1.23. The fourth-order valence-corrected chi connectivity index (χ4v) is 8.27. The Morgan fingerprint density at radius 1 is 1.26 bits per heavy atom. The van der Waals surface area contributed by atoms with E-state index in [0.29, 0.717) is 37.3 Å². The van der Waals surface area contributed by atoms with E-state index in [1.807, 2.05) is 18.2 Å². The van der Waals surface area contributed by atoms with Crippen molar-refractivity contribution in [3.8, 4) is 10.7 Å². The predicted molar refractivity (Wildman–Crippen MR) is 153 cm³/mol. The summed E-state index contributed by atoms with van der Waals surface area (Å²) in [6.07, 6.45) is -2.79. The van der Waals surface area contributed by atoms with Crippen LogP contribution in [-0.2, 0) is 30.9 Å². The van der Waals surface area contributed by atoms with E-state index in [-0.39, 0.29) is 16.8 Å². The highest BCUT2D eigenvalue weighted by atomic mass is 32.2. The van der Waals surface area contributed by atoms with Crippen LogP contribution in [0.15, 0.2) is 52.2 Å². The first-order valence-corrected chi connectivity index (χ1v) is 16.0. The van der Waals surface area contributed by atoms with E-state index < -0.39 is 34.7 Å². The molecule has 0 aliphatic carbocycles. The number of fused-ring (bicyclic) bond motifs is 1. The second kappa shape index (κ2) is 12.0. The fraction of sp³-hybridized carbons (Fsp3) is 0.346. The number of nitrogens with one attached hydrogen (secondary N) is 2. The monoisotopic (exact) mass is 641 g/mol. The Morgan fingerprint density at radius 2 is 2.07 bits per heavy atom. The number of thiophene rings is 1. The molecule has 4 aromatic rings. The van der Waals surface area contributed by atoms with E-state index in [9.17, 15) is 31.2 Å². The number of carbonyl (C=O) groups is 2. The molecule has 224 valence electrons. The van der Waals surface area contributed by atoms with Crippen LogP contribution in [0.25, 0.3) is 21.6 Å². The number of H-pyrrole nitrogens is 1. The number of esters is 1. The number of nitrogens with zero attached hydrogens (tertiary/aromatic N) is 3. The number of rotatable bonds is 10. The maximum absolute atomic E-state index is 13.3. The highest BCUT2D eigenvalue weighted by molar-refractivity contribution is 7.94. The van der Waals surface area contributed by atoms with Gasteiger partial charge in [-0.1, -0.05) is 18.2 Å². The number of aromatic amines is 1. The summed E-state index contributed by atoms with van der Waals surface area (Å²) < 4.78 is 69.0. The lowest BCUT2D eigenvalue weighted by atomic mass is 10.2. The van der Waals surface area contributed by atoms with Crippen LogP contribution < -0.4 is 9.62 Å². The number of benzene rings is 1. The van der Waals surface area contributed by atoms with E-state index in [2.05, 4.69) is 24.9 Å². The molecule has 1 fully saturated rings. The van der Waals surface area contributed by atoms with Gasteiger partial charge in [-0.2, -0.15) is 13.2 Å². The number of hydrogen-bond donors (Lipinski definition) is 2. The first-order valence-electron chi connectivity index (χ1n) is 12.8. The van der Waals surface area contributed by atoms with Gasteiger partial charge in [0.2, 0.25) is 0 Å². The summed E-state index contributed by atoms with van der Waals surface area (Å²) in [7, 11) is -3.72. The number of hydrogen-bond acceptors (Lipinski definition) is 9. The highest BCUT2D eigenvalue weighted by Gasteiger charge is 2.41. The van der Waals surface area contributed by atoms with Crippen molar-refractivity contribution >= 4 is 61.2 Å². The van der Waals surface area contributed by atoms with Gasteiger partial charge in [-0.3, -0.25) is 14.0 Å². The van der Waals surface area contributed by atoms with E-state index in [1.54, 1.807) is 36.7 Å². The molecular weight excluding hydrogens is 616 g/mol. The molecule has 1 aliphatic rings. The number of sulfonamides is 1. The fourth-order valence-electron chi connectivity index (χ4n) is 4.75.